The third-order valence-electron chi connectivity index (χ3n) is 3.12. The number of methoxy groups -OCH3 is 2. The molecule has 1 aromatic carbocycles. The van der Waals surface area contributed by atoms with E-state index in [0.717, 1.165) is 11.3 Å². The van der Waals surface area contributed by atoms with Gasteiger partial charge in [0.05, 0.1) is 20.3 Å². The number of rotatable bonds is 4. The monoisotopic (exact) mass is 247 g/mol. The van der Waals surface area contributed by atoms with Gasteiger partial charge in [-0.1, -0.05) is 26.0 Å². The summed E-state index contributed by atoms with van der Waals surface area (Å²) in [5.74, 6) is -0.615. The molecule has 0 fully saturated rings. The maximum absolute atomic E-state index is 11.6. The van der Waals surface area contributed by atoms with Crippen molar-refractivity contribution in [2.45, 2.75) is 19.3 Å². The van der Waals surface area contributed by atoms with Crippen LogP contribution >= 0.6 is 0 Å². The molecule has 0 aromatic heterocycles. The van der Waals surface area contributed by atoms with Gasteiger partial charge in [0.25, 0.3) is 0 Å². The van der Waals surface area contributed by atoms with Crippen LogP contribution in [-0.4, -0.2) is 20.2 Å². The van der Waals surface area contributed by atoms with Gasteiger partial charge in [-0.3, -0.25) is 4.79 Å². The van der Waals surface area contributed by atoms with Crippen LogP contribution in [0.2, 0.25) is 0 Å². The van der Waals surface area contributed by atoms with Crippen molar-refractivity contribution in [1.29, 1.82) is 5.26 Å². The smallest absolute Gasteiger partial charge is 0.323 e. The van der Waals surface area contributed by atoms with E-state index >= 15 is 0 Å². The second-order valence-electron chi connectivity index (χ2n) is 4.54. The molecule has 0 bridgehead atoms. The number of esters is 1. The van der Waals surface area contributed by atoms with Crippen LogP contribution < -0.4 is 4.74 Å². The topological polar surface area (TPSA) is 59.3 Å². The highest BCUT2D eigenvalue weighted by Gasteiger charge is 2.37. The molecule has 0 radical (unpaired) electrons. The fourth-order valence-electron chi connectivity index (χ4n) is 1.81. The Morgan fingerprint density at radius 2 is 1.83 bits per heavy atom. The van der Waals surface area contributed by atoms with Crippen LogP contribution in [0.15, 0.2) is 24.3 Å². The lowest BCUT2D eigenvalue weighted by Crippen LogP contribution is -2.34. The summed E-state index contributed by atoms with van der Waals surface area (Å²) in [6.07, 6.45) is 0. The predicted molar refractivity (Wildman–Crippen MR) is 67.1 cm³/mol. The first-order chi connectivity index (χ1) is 8.47. The first-order valence-corrected chi connectivity index (χ1v) is 5.59. The lowest BCUT2D eigenvalue weighted by Gasteiger charge is -2.28. The molecular weight excluding hydrogens is 230 g/mol. The summed E-state index contributed by atoms with van der Waals surface area (Å²) in [5.41, 5.74) is 0.272. The molecule has 96 valence electrons. The number of ether oxygens (including phenoxy) is 2. The van der Waals surface area contributed by atoms with Crippen LogP contribution in [0.3, 0.4) is 0 Å². The molecule has 4 nitrogen and oxygen atoms in total. The lowest BCUT2D eigenvalue weighted by atomic mass is 9.74. The number of hydrogen-bond donors (Lipinski definition) is 0. The average Bonchev–Trinajstić information content (AvgIpc) is 2.39. The SMILES string of the molecule is COC(=O)C(C#N)C(C)(C)c1ccc(OC)cc1. The Balaban J connectivity index is 3.10. The maximum atomic E-state index is 11.6. The van der Waals surface area contributed by atoms with Crippen molar-refractivity contribution in [3.05, 3.63) is 29.8 Å². The number of carbonyl (C=O) groups excluding carboxylic acids is 1. The number of hydrogen-bond acceptors (Lipinski definition) is 4. The first kappa shape index (κ1) is 14.0. The second kappa shape index (κ2) is 5.54. The fraction of sp³-hybridized carbons (Fsp3) is 0.429. The van der Waals surface area contributed by atoms with Crippen LogP contribution in [0.1, 0.15) is 19.4 Å². The van der Waals surface area contributed by atoms with E-state index in [1.54, 1.807) is 7.11 Å². The summed E-state index contributed by atoms with van der Waals surface area (Å²) >= 11 is 0. The molecule has 18 heavy (non-hydrogen) atoms. The van der Waals surface area contributed by atoms with Crippen LogP contribution in [0.25, 0.3) is 0 Å². The fourth-order valence-corrected chi connectivity index (χ4v) is 1.81. The van der Waals surface area contributed by atoms with Crippen LogP contribution in [-0.2, 0) is 14.9 Å². The molecule has 0 aliphatic carbocycles. The Morgan fingerprint density at radius 3 is 2.22 bits per heavy atom. The molecule has 1 atom stereocenters. The Labute approximate surface area is 107 Å². The zero-order valence-electron chi connectivity index (χ0n) is 11.1. The molecule has 0 aliphatic heterocycles. The normalized spacial score (nSPS) is 12.4. The highest BCUT2D eigenvalue weighted by atomic mass is 16.5. The lowest BCUT2D eigenvalue weighted by molar-refractivity contribution is -0.145. The van der Waals surface area contributed by atoms with Crippen molar-refractivity contribution in [1.82, 2.24) is 0 Å². The minimum Gasteiger partial charge on any atom is -0.497 e. The molecule has 0 spiro atoms. The van der Waals surface area contributed by atoms with E-state index in [9.17, 15) is 4.79 Å². The average molecular weight is 247 g/mol. The standard InChI is InChI=1S/C14H17NO3/c1-14(2,12(9-15)13(16)18-4)10-5-7-11(17-3)8-6-10/h5-8,12H,1-4H3. The van der Waals surface area contributed by atoms with Crippen molar-refractivity contribution in [2.24, 2.45) is 5.92 Å². The highest BCUT2D eigenvalue weighted by molar-refractivity contribution is 5.77. The van der Waals surface area contributed by atoms with Gasteiger partial charge in [-0.25, -0.2) is 0 Å². The van der Waals surface area contributed by atoms with Gasteiger partial charge in [-0.2, -0.15) is 5.26 Å². The summed E-state index contributed by atoms with van der Waals surface area (Å²) in [7, 11) is 2.88. The number of nitrogens with zero attached hydrogens (tertiary/aromatic N) is 1. The quantitative estimate of drug-likeness (QED) is 0.766. The molecule has 1 aromatic rings. The maximum Gasteiger partial charge on any atom is 0.323 e. The summed E-state index contributed by atoms with van der Waals surface area (Å²) in [6, 6.07) is 9.34. The number of benzene rings is 1. The molecule has 0 N–H and O–H groups in total. The summed E-state index contributed by atoms with van der Waals surface area (Å²) in [5, 5.41) is 9.15. The van der Waals surface area contributed by atoms with Gasteiger partial charge in [0.15, 0.2) is 5.92 Å². The van der Waals surface area contributed by atoms with E-state index < -0.39 is 17.3 Å². The van der Waals surface area contributed by atoms with Gasteiger partial charge in [-0.05, 0) is 17.7 Å². The minimum atomic E-state index is -0.837. The molecule has 0 aliphatic rings. The molecule has 4 heteroatoms. The van der Waals surface area contributed by atoms with E-state index in [-0.39, 0.29) is 0 Å². The van der Waals surface area contributed by atoms with E-state index in [0.29, 0.717) is 0 Å². The van der Waals surface area contributed by atoms with E-state index in [4.69, 9.17) is 10.00 Å². The molecule has 0 heterocycles. The second-order valence-corrected chi connectivity index (χ2v) is 4.54. The predicted octanol–water partition coefficient (Wildman–Crippen LogP) is 2.29. The largest absolute Gasteiger partial charge is 0.497 e. The van der Waals surface area contributed by atoms with Crippen molar-refractivity contribution in [3.63, 3.8) is 0 Å². The minimum absolute atomic E-state index is 0.515. The zero-order valence-corrected chi connectivity index (χ0v) is 11.1. The Kier molecular flexibility index (Phi) is 4.33. The van der Waals surface area contributed by atoms with Gasteiger partial charge >= 0.3 is 5.97 Å². The Hall–Kier alpha value is -2.02. The van der Waals surface area contributed by atoms with Gasteiger partial charge < -0.3 is 9.47 Å². The summed E-state index contributed by atoms with van der Waals surface area (Å²) < 4.78 is 9.75. The van der Waals surface area contributed by atoms with Crippen LogP contribution in [0, 0.1) is 17.2 Å². The van der Waals surface area contributed by atoms with Gasteiger partial charge in [0, 0.05) is 5.41 Å². The molecule has 0 amide bonds. The van der Waals surface area contributed by atoms with E-state index in [2.05, 4.69) is 4.74 Å². The molecule has 0 saturated heterocycles. The third kappa shape index (κ3) is 2.62. The van der Waals surface area contributed by atoms with Crippen molar-refractivity contribution < 1.29 is 14.3 Å². The summed E-state index contributed by atoms with van der Waals surface area (Å²) in [4.78, 5) is 11.6. The summed E-state index contributed by atoms with van der Waals surface area (Å²) in [6.45, 7) is 3.69. The van der Waals surface area contributed by atoms with Crippen LogP contribution in [0.5, 0.6) is 5.75 Å². The zero-order chi connectivity index (χ0) is 13.8. The number of carbonyl (C=O) groups is 1. The van der Waals surface area contributed by atoms with Gasteiger partial charge in [0.1, 0.15) is 5.75 Å². The highest BCUT2D eigenvalue weighted by Crippen LogP contribution is 2.33. The molecular formula is C14H17NO3. The van der Waals surface area contributed by atoms with Gasteiger partial charge in [-0.15, -0.1) is 0 Å². The van der Waals surface area contributed by atoms with Crippen LogP contribution in [0.4, 0.5) is 0 Å². The van der Waals surface area contributed by atoms with Gasteiger partial charge in [0.2, 0.25) is 0 Å². The first-order valence-electron chi connectivity index (χ1n) is 5.59. The Morgan fingerprint density at radius 1 is 1.28 bits per heavy atom. The van der Waals surface area contributed by atoms with Crippen molar-refractivity contribution >= 4 is 5.97 Å². The van der Waals surface area contributed by atoms with Crippen molar-refractivity contribution in [2.75, 3.05) is 14.2 Å². The third-order valence-corrected chi connectivity index (χ3v) is 3.12. The van der Waals surface area contributed by atoms with E-state index in [1.807, 2.05) is 44.2 Å². The molecule has 0 saturated carbocycles. The number of nitriles is 1. The van der Waals surface area contributed by atoms with E-state index in [1.165, 1.54) is 7.11 Å². The van der Waals surface area contributed by atoms with Crippen molar-refractivity contribution in [3.8, 4) is 11.8 Å². The molecule has 1 unspecified atom stereocenters. The molecule has 1 rings (SSSR count). The Bertz CT molecular complexity index is 457.